The van der Waals surface area contributed by atoms with E-state index < -0.39 is 0 Å². The number of carbonyl (C=O) groups is 1. The van der Waals surface area contributed by atoms with E-state index in [1.54, 1.807) is 0 Å². The highest BCUT2D eigenvalue weighted by Gasteiger charge is 2.01. The standard InChI is InChI=1S/C12H24OS/c1-3-5-7-8-9-10-12(13)14-11-6-4-2/h3-11H2,1-2H3. The van der Waals surface area contributed by atoms with Crippen LogP contribution in [0.3, 0.4) is 0 Å². The third-order valence-electron chi connectivity index (χ3n) is 2.25. The van der Waals surface area contributed by atoms with Crippen LogP contribution in [0.4, 0.5) is 0 Å². The maximum Gasteiger partial charge on any atom is 0.188 e. The van der Waals surface area contributed by atoms with Crippen LogP contribution < -0.4 is 0 Å². The molecule has 0 aliphatic carbocycles. The van der Waals surface area contributed by atoms with Crippen molar-refractivity contribution in [2.24, 2.45) is 0 Å². The molecule has 0 saturated carbocycles. The van der Waals surface area contributed by atoms with Gasteiger partial charge in [-0.2, -0.15) is 0 Å². The molecule has 0 rings (SSSR count). The largest absolute Gasteiger partial charge is 0.287 e. The van der Waals surface area contributed by atoms with Gasteiger partial charge >= 0.3 is 0 Å². The van der Waals surface area contributed by atoms with Crippen molar-refractivity contribution in [3.05, 3.63) is 0 Å². The second-order valence-corrected chi connectivity index (χ2v) is 4.89. The minimum absolute atomic E-state index is 0.398. The Morgan fingerprint density at radius 2 is 1.57 bits per heavy atom. The van der Waals surface area contributed by atoms with Gasteiger partial charge in [0.05, 0.1) is 0 Å². The van der Waals surface area contributed by atoms with Crippen molar-refractivity contribution in [1.29, 1.82) is 0 Å². The monoisotopic (exact) mass is 216 g/mol. The number of unbranched alkanes of at least 4 members (excludes halogenated alkanes) is 5. The first-order chi connectivity index (χ1) is 6.81. The molecule has 0 aliphatic heterocycles. The van der Waals surface area contributed by atoms with Gasteiger partial charge in [-0.15, -0.1) is 0 Å². The first kappa shape index (κ1) is 14.0. The molecule has 0 unspecified atom stereocenters. The van der Waals surface area contributed by atoms with Gasteiger partial charge in [-0.1, -0.05) is 57.7 Å². The fraction of sp³-hybridized carbons (Fsp3) is 0.917. The van der Waals surface area contributed by atoms with E-state index in [1.165, 1.54) is 50.3 Å². The summed E-state index contributed by atoms with van der Waals surface area (Å²) in [6.45, 7) is 4.38. The summed E-state index contributed by atoms with van der Waals surface area (Å²) in [6.07, 6.45) is 9.37. The zero-order chi connectivity index (χ0) is 10.6. The molecule has 14 heavy (non-hydrogen) atoms. The van der Waals surface area contributed by atoms with E-state index in [4.69, 9.17) is 0 Å². The summed E-state index contributed by atoms with van der Waals surface area (Å²) < 4.78 is 0. The third-order valence-corrected chi connectivity index (χ3v) is 3.26. The second kappa shape index (κ2) is 11.1. The van der Waals surface area contributed by atoms with Crippen molar-refractivity contribution in [1.82, 2.24) is 0 Å². The summed E-state index contributed by atoms with van der Waals surface area (Å²) in [6, 6.07) is 0. The summed E-state index contributed by atoms with van der Waals surface area (Å²) in [5, 5.41) is 0.398. The molecule has 0 heterocycles. The molecule has 0 N–H and O–H groups in total. The van der Waals surface area contributed by atoms with Crippen LogP contribution in [0.25, 0.3) is 0 Å². The van der Waals surface area contributed by atoms with Gasteiger partial charge in [0.15, 0.2) is 5.12 Å². The predicted molar refractivity (Wildman–Crippen MR) is 65.7 cm³/mol. The molecule has 0 aliphatic rings. The molecule has 0 fully saturated rings. The van der Waals surface area contributed by atoms with E-state index >= 15 is 0 Å². The van der Waals surface area contributed by atoms with Crippen molar-refractivity contribution in [3.63, 3.8) is 0 Å². The lowest BCUT2D eigenvalue weighted by Gasteiger charge is -2.00. The van der Waals surface area contributed by atoms with E-state index in [0.29, 0.717) is 5.12 Å². The first-order valence-electron chi connectivity index (χ1n) is 5.96. The molecule has 1 nitrogen and oxygen atoms in total. The maximum atomic E-state index is 11.3. The fourth-order valence-corrected chi connectivity index (χ4v) is 2.22. The van der Waals surface area contributed by atoms with Crippen molar-refractivity contribution in [2.75, 3.05) is 5.75 Å². The first-order valence-corrected chi connectivity index (χ1v) is 6.95. The van der Waals surface area contributed by atoms with Crippen LogP contribution in [0.5, 0.6) is 0 Å². The Labute approximate surface area is 93.0 Å². The SMILES string of the molecule is CCCCCCCC(=O)SCCCC. The molecule has 0 amide bonds. The zero-order valence-electron chi connectivity index (χ0n) is 9.68. The van der Waals surface area contributed by atoms with Crippen molar-refractivity contribution < 1.29 is 4.79 Å². The Bertz CT molecular complexity index is 134. The Hall–Kier alpha value is 0.0200. The van der Waals surface area contributed by atoms with E-state index in [0.717, 1.165) is 18.6 Å². The number of hydrogen-bond acceptors (Lipinski definition) is 2. The van der Waals surface area contributed by atoms with Crippen LogP contribution in [0.1, 0.15) is 65.2 Å². The van der Waals surface area contributed by atoms with Crippen LogP contribution in [0.15, 0.2) is 0 Å². The van der Waals surface area contributed by atoms with Crippen molar-refractivity contribution in [2.45, 2.75) is 65.2 Å². The Morgan fingerprint density at radius 1 is 0.929 bits per heavy atom. The average molecular weight is 216 g/mol. The lowest BCUT2D eigenvalue weighted by atomic mass is 10.1. The number of thioether (sulfide) groups is 1. The van der Waals surface area contributed by atoms with Gasteiger partial charge in [-0.3, -0.25) is 4.79 Å². The van der Waals surface area contributed by atoms with Gasteiger partial charge in [0.1, 0.15) is 0 Å². The summed E-state index contributed by atoms with van der Waals surface area (Å²) >= 11 is 1.53. The lowest BCUT2D eigenvalue weighted by Crippen LogP contribution is -1.93. The van der Waals surface area contributed by atoms with Crippen LogP contribution in [0.2, 0.25) is 0 Å². The third kappa shape index (κ3) is 10.1. The van der Waals surface area contributed by atoms with Crippen LogP contribution >= 0.6 is 11.8 Å². The molecule has 0 spiro atoms. The molecule has 0 aromatic heterocycles. The number of rotatable bonds is 9. The van der Waals surface area contributed by atoms with Gasteiger partial charge in [0.2, 0.25) is 0 Å². The van der Waals surface area contributed by atoms with Crippen molar-refractivity contribution in [3.8, 4) is 0 Å². The molecule has 0 aromatic rings. The minimum atomic E-state index is 0.398. The Kier molecular flexibility index (Phi) is 11.1. The highest BCUT2D eigenvalue weighted by molar-refractivity contribution is 8.13. The number of hydrogen-bond donors (Lipinski definition) is 0. The van der Waals surface area contributed by atoms with E-state index in [9.17, 15) is 4.79 Å². The number of carbonyl (C=O) groups excluding carboxylic acids is 1. The summed E-state index contributed by atoms with van der Waals surface area (Å²) in [4.78, 5) is 11.3. The molecule has 0 bridgehead atoms. The summed E-state index contributed by atoms with van der Waals surface area (Å²) in [7, 11) is 0. The van der Waals surface area contributed by atoms with E-state index in [1.807, 2.05) is 0 Å². The molecule has 84 valence electrons. The summed E-state index contributed by atoms with van der Waals surface area (Å²) in [5.74, 6) is 1.02. The molecule has 0 saturated heterocycles. The quantitative estimate of drug-likeness (QED) is 0.531. The fourth-order valence-electron chi connectivity index (χ4n) is 1.28. The zero-order valence-corrected chi connectivity index (χ0v) is 10.5. The minimum Gasteiger partial charge on any atom is -0.287 e. The smallest absolute Gasteiger partial charge is 0.188 e. The second-order valence-electron chi connectivity index (χ2n) is 3.74. The molecule has 0 radical (unpaired) electrons. The van der Waals surface area contributed by atoms with Crippen LogP contribution in [-0.4, -0.2) is 10.9 Å². The van der Waals surface area contributed by atoms with Gasteiger partial charge in [-0.05, 0) is 12.8 Å². The van der Waals surface area contributed by atoms with E-state index in [2.05, 4.69) is 13.8 Å². The molecular formula is C12H24OS. The lowest BCUT2D eigenvalue weighted by molar-refractivity contribution is -0.111. The highest BCUT2D eigenvalue weighted by Crippen LogP contribution is 2.12. The molecule has 0 aromatic carbocycles. The van der Waals surface area contributed by atoms with Crippen LogP contribution in [0, 0.1) is 0 Å². The average Bonchev–Trinajstić information content (AvgIpc) is 2.18. The Balaban J connectivity index is 3.10. The van der Waals surface area contributed by atoms with Gasteiger partial charge in [0, 0.05) is 12.2 Å². The van der Waals surface area contributed by atoms with Crippen LogP contribution in [-0.2, 0) is 4.79 Å². The summed E-state index contributed by atoms with van der Waals surface area (Å²) in [5.41, 5.74) is 0. The van der Waals surface area contributed by atoms with Gasteiger partial charge in [0.25, 0.3) is 0 Å². The predicted octanol–water partition coefficient (Wildman–Crippen LogP) is 4.41. The Morgan fingerprint density at radius 3 is 2.21 bits per heavy atom. The molecular weight excluding hydrogens is 192 g/mol. The normalized spacial score (nSPS) is 10.4. The molecule has 2 heteroatoms. The van der Waals surface area contributed by atoms with Gasteiger partial charge in [-0.25, -0.2) is 0 Å². The van der Waals surface area contributed by atoms with E-state index in [-0.39, 0.29) is 0 Å². The topological polar surface area (TPSA) is 17.1 Å². The highest BCUT2D eigenvalue weighted by atomic mass is 32.2. The maximum absolute atomic E-state index is 11.3. The molecule has 0 atom stereocenters. The van der Waals surface area contributed by atoms with Crippen molar-refractivity contribution >= 4 is 16.9 Å². The van der Waals surface area contributed by atoms with Gasteiger partial charge < -0.3 is 0 Å².